The van der Waals surface area contributed by atoms with Gasteiger partial charge in [-0.3, -0.25) is 14.9 Å². The summed E-state index contributed by atoms with van der Waals surface area (Å²) >= 11 is 0. The predicted molar refractivity (Wildman–Crippen MR) is 128 cm³/mol. The number of benzene rings is 3. The molecule has 0 aliphatic carbocycles. The van der Waals surface area contributed by atoms with Gasteiger partial charge >= 0.3 is 6.03 Å². The predicted octanol–water partition coefficient (Wildman–Crippen LogP) is 4.80. The van der Waals surface area contributed by atoms with Gasteiger partial charge in [0.15, 0.2) is 0 Å². The van der Waals surface area contributed by atoms with Crippen LogP contribution in [-0.4, -0.2) is 22.4 Å². The van der Waals surface area contributed by atoms with Crippen LogP contribution >= 0.6 is 0 Å². The summed E-state index contributed by atoms with van der Waals surface area (Å²) in [5.74, 6) is -1.69. The molecule has 1 N–H and O–H groups in total. The second kappa shape index (κ2) is 8.44. The van der Waals surface area contributed by atoms with E-state index in [9.17, 15) is 18.8 Å². The maximum Gasteiger partial charge on any atom is 0.335 e. The Morgan fingerprint density at radius 1 is 0.941 bits per heavy atom. The smallest absolute Gasteiger partial charge is 0.335 e. The number of urea groups is 1. The summed E-state index contributed by atoms with van der Waals surface area (Å²) in [6.07, 6.45) is 3.39. The van der Waals surface area contributed by atoms with Crippen molar-refractivity contribution in [2.45, 2.75) is 13.5 Å². The molecule has 4 amide bonds. The lowest BCUT2D eigenvalue weighted by Crippen LogP contribution is -2.54. The Balaban J connectivity index is 1.47. The van der Waals surface area contributed by atoms with E-state index in [-0.39, 0.29) is 11.4 Å². The number of aryl methyl sites for hydroxylation is 1. The maximum absolute atomic E-state index is 13.5. The van der Waals surface area contributed by atoms with Gasteiger partial charge < -0.3 is 4.57 Å². The van der Waals surface area contributed by atoms with Crippen LogP contribution in [0.4, 0.5) is 14.9 Å². The first kappa shape index (κ1) is 21.3. The number of halogens is 1. The van der Waals surface area contributed by atoms with Crippen molar-refractivity contribution in [3.63, 3.8) is 0 Å². The molecule has 1 aliphatic rings. The third-order valence-electron chi connectivity index (χ3n) is 5.81. The number of barbiturate groups is 1. The number of carbonyl (C=O) groups excluding carboxylic acids is 3. The second-order valence-corrected chi connectivity index (χ2v) is 8.14. The van der Waals surface area contributed by atoms with E-state index < -0.39 is 17.8 Å². The van der Waals surface area contributed by atoms with Gasteiger partial charge in [-0.1, -0.05) is 36.4 Å². The fourth-order valence-electron chi connectivity index (χ4n) is 4.14. The molecule has 34 heavy (non-hydrogen) atoms. The molecule has 5 rings (SSSR count). The SMILES string of the molecule is Cc1ccccc1N1C(=O)NC(=O)/C(=C/c2ccc3c(ccn3Cc3cccc(F)c3)c2)C1=O. The average molecular weight is 453 g/mol. The van der Waals surface area contributed by atoms with E-state index in [1.165, 1.54) is 18.2 Å². The molecule has 0 spiro atoms. The highest BCUT2D eigenvalue weighted by atomic mass is 19.1. The standard InChI is InChI=1S/C27H20FN3O3/c1-17-5-2-3-8-23(17)31-26(33)22(25(32)29-27(31)34)15-18-9-10-24-20(13-18)11-12-30(24)16-19-6-4-7-21(28)14-19/h2-15H,16H2,1H3,(H,29,32,34)/b22-15-. The lowest BCUT2D eigenvalue weighted by molar-refractivity contribution is -0.122. The molecule has 4 aromatic rings. The molecule has 168 valence electrons. The van der Waals surface area contributed by atoms with E-state index in [0.29, 0.717) is 17.8 Å². The molecular weight excluding hydrogens is 433 g/mol. The van der Waals surface area contributed by atoms with Gasteiger partial charge in [0.05, 0.1) is 5.69 Å². The lowest BCUT2D eigenvalue weighted by Gasteiger charge is -2.27. The Bertz CT molecular complexity index is 1500. The number of anilines is 1. The van der Waals surface area contributed by atoms with Gasteiger partial charge in [-0.25, -0.2) is 14.1 Å². The molecule has 6 nitrogen and oxygen atoms in total. The number of fused-ring (bicyclic) bond motifs is 1. The minimum absolute atomic E-state index is 0.124. The molecule has 0 bridgehead atoms. The van der Waals surface area contributed by atoms with Crippen molar-refractivity contribution >= 4 is 40.5 Å². The largest absolute Gasteiger partial charge is 0.343 e. The highest BCUT2D eigenvalue weighted by Gasteiger charge is 2.37. The van der Waals surface area contributed by atoms with E-state index >= 15 is 0 Å². The third kappa shape index (κ3) is 3.88. The highest BCUT2D eigenvalue weighted by molar-refractivity contribution is 6.39. The maximum atomic E-state index is 13.5. The second-order valence-electron chi connectivity index (χ2n) is 8.14. The molecule has 1 aromatic heterocycles. The minimum atomic E-state index is -0.772. The van der Waals surface area contributed by atoms with Crippen LogP contribution < -0.4 is 10.2 Å². The fraction of sp³-hybridized carbons (Fsp3) is 0.0741. The Morgan fingerprint density at radius 2 is 1.76 bits per heavy atom. The molecule has 0 unspecified atom stereocenters. The molecule has 0 saturated carbocycles. The Kier molecular flexibility index (Phi) is 5.30. The van der Waals surface area contributed by atoms with Crippen LogP contribution in [0, 0.1) is 12.7 Å². The zero-order valence-corrected chi connectivity index (χ0v) is 18.3. The molecular formula is C27H20FN3O3. The topological polar surface area (TPSA) is 71.4 Å². The van der Waals surface area contributed by atoms with Crippen molar-refractivity contribution < 1.29 is 18.8 Å². The summed E-state index contributed by atoms with van der Waals surface area (Å²) in [7, 11) is 0. The van der Waals surface area contributed by atoms with Crippen LogP contribution in [0.3, 0.4) is 0 Å². The molecule has 1 saturated heterocycles. The summed E-state index contributed by atoms with van der Waals surface area (Å²) in [6, 6.07) is 20.1. The zero-order chi connectivity index (χ0) is 23.8. The lowest BCUT2D eigenvalue weighted by atomic mass is 10.0. The van der Waals surface area contributed by atoms with Crippen LogP contribution in [0.25, 0.3) is 17.0 Å². The third-order valence-corrected chi connectivity index (χ3v) is 5.81. The van der Waals surface area contributed by atoms with Crippen molar-refractivity contribution in [2.75, 3.05) is 4.90 Å². The Morgan fingerprint density at radius 3 is 2.56 bits per heavy atom. The van der Waals surface area contributed by atoms with Crippen LogP contribution in [0.2, 0.25) is 0 Å². The molecule has 3 aromatic carbocycles. The number of nitrogens with zero attached hydrogens (tertiary/aromatic N) is 2. The van der Waals surface area contributed by atoms with Gasteiger partial charge in [0, 0.05) is 23.6 Å². The summed E-state index contributed by atoms with van der Waals surface area (Å²) in [5, 5.41) is 3.16. The van der Waals surface area contributed by atoms with E-state index in [0.717, 1.165) is 26.9 Å². The number of rotatable bonds is 4. The minimum Gasteiger partial charge on any atom is -0.343 e. The molecule has 2 heterocycles. The quantitative estimate of drug-likeness (QED) is 0.356. The van der Waals surface area contributed by atoms with Crippen molar-refractivity contribution in [2.24, 2.45) is 0 Å². The van der Waals surface area contributed by atoms with Gasteiger partial charge in [-0.05, 0) is 66.1 Å². The fourth-order valence-corrected chi connectivity index (χ4v) is 4.14. The molecule has 1 fully saturated rings. The number of imide groups is 2. The van der Waals surface area contributed by atoms with Crippen molar-refractivity contribution in [1.82, 2.24) is 9.88 Å². The summed E-state index contributed by atoms with van der Waals surface area (Å²) in [6.45, 7) is 2.30. The molecule has 1 aliphatic heterocycles. The average Bonchev–Trinajstić information content (AvgIpc) is 3.19. The number of carbonyl (C=O) groups is 3. The van der Waals surface area contributed by atoms with Gasteiger partial charge in [0.25, 0.3) is 11.8 Å². The van der Waals surface area contributed by atoms with Crippen LogP contribution in [0.1, 0.15) is 16.7 Å². The van der Waals surface area contributed by atoms with E-state index in [2.05, 4.69) is 5.32 Å². The number of para-hydroxylation sites is 1. The first-order valence-corrected chi connectivity index (χ1v) is 10.7. The number of nitrogens with one attached hydrogen (secondary N) is 1. The highest BCUT2D eigenvalue weighted by Crippen LogP contribution is 2.26. The number of hydrogen-bond acceptors (Lipinski definition) is 3. The Labute approximate surface area is 194 Å². The van der Waals surface area contributed by atoms with Gasteiger partial charge in [-0.2, -0.15) is 0 Å². The van der Waals surface area contributed by atoms with E-state index in [1.54, 1.807) is 37.3 Å². The molecule has 7 heteroatoms. The first-order valence-electron chi connectivity index (χ1n) is 10.7. The Hall–Kier alpha value is -4.52. The van der Waals surface area contributed by atoms with Crippen LogP contribution in [0.15, 0.2) is 84.6 Å². The number of aromatic nitrogens is 1. The summed E-state index contributed by atoms with van der Waals surface area (Å²) in [5.41, 5.74) is 3.46. The van der Waals surface area contributed by atoms with Crippen LogP contribution in [-0.2, 0) is 16.1 Å². The van der Waals surface area contributed by atoms with Crippen molar-refractivity contribution in [1.29, 1.82) is 0 Å². The van der Waals surface area contributed by atoms with Crippen molar-refractivity contribution in [3.05, 3.63) is 107 Å². The molecule has 0 atom stereocenters. The van der Waals surface area contributed by atoms with E-state index in [4.69, 9.17) is 0 Å². The number of hydrogen-bond donors (Lipinski definition) is 1. The monoisotopic (exact) mass is 453 g/mol. The molecule has 0 radical (unpaired) electrons. The number of amides is 4. The first-order chi connectivity index (χ1) is 16.4. The van der Waals surface area contributed by atoms with E-state index in [1.807, 2.05) is 41.1 Å². The summed E-state index contributed by atoms with van der Waals surface area (Å²) < 4.78 is 15.5. The van der Waals surface area contributed by atoms with Gasteiger partial charge in [-0.15, -0.1) is 0 Å². The van der Waals surface area contributed by atoms with Crippen LogP contribution in [0.5, 0.6) is 0 Å². The summed E-state index contributed by atoms with van der Waals surface area (Å²) in [4.78, 5) is 39.1. The van der Waals surface area contributed by atoms with Gasteiger partial charge in [0.2, 0.25) is 0 Å². The van der Waals surface area contributed by atoms with Crippen molar-refractivity contribution in [3.8, 4) is 0 Å². The normalized spacial score (nSPS) is 15.3. The zero-order valence-electron chi connectivity index (χ0n) is 18.3. The van der Waals surface area contributed by atoms with Gasteiger partial charge in [0.1, 0.15) is 11.4 Å².